The molecule has 0 aliphatic carbocycles. The van der Waals surface area contributed by atoms with Crippen LogP contribution in [0.1, 0.15) is 60.8 Å². The van der Waals surface area contributed by atoms with E-state index in [1.165, 1.54) is 31.4 Å². The highest BCUT2D eigenvalue weighted by atomic mass is 19.1. The van der Waals surface area contributed by atoms with Gasteiger partial charge in [0.2, 0.25) is 0 Å². The molecule has 5 heteroatoms. The molecule has 0 bridgehead atoms. The predicted molar refractivity (Wildman–Crippen MR) is 83.4 cm³/mol. The molecule has 1 aromatic carbocycles. The summed E-state index contributed by atoms with van der Waals surface area (Å²) in [4.78, 5) is 11.1. The molecule has 2 aromatic rings. The fourth-order valence-electron chi connectivity index (χ4n) is 2.46. The van der Waals surface area contributed by atoms with Gasteiger partial charge in [-0.15, -0.1) is 5.10 Å². The number of aryl methyl sites for hydroxylation is 1. The van der Waals surface area contributed by atoms with Crippen molar-refractivity contribution < 1.29 is 9.18 Å². The van der Waals surface area contributed by atoms with Crippen molar-refractivity contribution in [3.8, 4) is 0 Å². The maximum atomic E-state index is 13.0. The molecule has 0 saturated heterocycles. The predicted octanol–water partition coefficient (Wildman–Crippen LogP) is 3.79. The number of hydrogen-bond donors (Lipinski definition) is 0. The van der Waals surface area contributed by atoms with Crippen LogP contribution in [-0.2, 0) is 13.0 Å². The zero-order valence-corrected chi connectivity index (χ0v) is 13.0. The first-order chi connectivity index (χ1) is 10.7. The molecule has 4 nitrogen and oxygen atoms in total. The summed E-state index contributed by atoms with van der Waals surface area (Å²) < 4.78 is 14.8. The highest BCUT2D eigenvalue weighted by molar-refractivity contribution is 5.73. The Labute approximate surface area is 130 Å². The number of hydrogen-bond acceptors (Lipinski definition) is 3. The summed E-state index contributed by atoms with van der Waals surface area (Å²) in [6.07, 6.45) is 7.14. The van der Waals surface area contributed by atoms with Gasteiger partial charge in [-0.2, -0.15) is 0 Å². The molecule has 1 heterocycles. The third-order valence-electron chi connectivity index (χ3n) is 3.74. The number of halogens is 1. The third-order valence-corrected chi connectivity index (χ3v) is 3.74. The minimum absolute atomic E-state index is 0.262. The Bertz CT molecular complexity index is 592. The van der Waals surface area contributed by atoms with Crippen LogP contribution in [0.5, 0.6) is 0 Å². The maximum Gasteiger partial charge on any atom is 0.172 e. The van der Waals surface area contributed by atoms with Crippen LogP contribution in [0.2, 0.25) is 0 Å². The maximum absolute atomic E-state index is 13.0. The number of aromatic nitrogens is 3. The Morgan fingerprint density at radius 3 is 2.55 bits per heavy atom. The minimum Gasteiger partial charge on any atom is -0.296 e. The van der Waals surface area contributed by atoms with Crippen molar-refractivity contribution in [1.82, 2.24) is 15.0 Å². The van der Waals surface area contributed by atoms with Gasteiger partial charge in [-0.25, -0.2) is 9.07 Å². The first-order valence-electron chi connectivity index (χ1n) is 7.86. The normalized spacial score (nSPS) is 10.8. The van der Waals surface area contributed by atoms with Crippen LogP contribution in [0, 0.1) is 5.82 Å². The van der Waals surface area contributed by atoms with E-state index in [2.05, 4.69) is 17.2 Å². The molecule has 0 unspecified atom stereocenters. The van der Waals surface area contributed by atoms with Crippen LogP contribution in [0.3, 0.4) is 0 Å². The molecule has 0 amide bonds. The van der Waals surface area contributed by atoms with Crippen molar-refractivity contribution in [1.29, 1.82) is 0 Å². The van der Waals surface area contributed by atoms with E-state index in [0.29, 0.717) is 12.1 Å². The van der Waals surface area contributed by atoms with Crippen LogP contribution in [0.4, 0.5) is 4.39 Å². The molecule has 22 heavy (non-hydrogen) atoms. The van der Waals surface area contributed by atoms with Crippen LogP contribution in [0.15, 0.2) is 24.3 Å². The van der Waals surface area contributed by atoms with Gasteiger partial charge < -0.3 is 0 Å². The van der Waals surface area contributed by atoms with Gasteiger partial charge in [-0.1, -0.05) is 50.0 Å². The van der Waals surface area contributed by atoms with Gasteiger partial charge in [0.05, 0.1) is 5.69 Å². The van der Waals surface area contributed by atoms with Crippen molar-refractivity contribution >= 4 is 6.29 Å². The zero-order chi connectivity index (χ0) is 15.8. The van der Waals surface area contributed by atoms with E-state index in [4.69, 9.17) is 0 Å². The van der Waals surface area contributed by atoms with Gasteiger partial charge in [0, 0.05) is 13.0 Å². The van der Waals surface area contributed by atoms with Gasteiger partial charge in [0.15, 0.2) is 6.29 Å². The fraction of sp³-hybridized carbons (Fsp3) is 0.471. The topological polar surface area (TPSA) is 47.8 Å². The van der Waals surface area contributed by atoms with E-state index in [-0.39, 0.29) is 5.82 Å². The largest absolute Gasteiger partial charge is 0.296 e. The summed E-state index contributed by atoms with van der Waals surface area (Å²) >= 11 is 0. The van der Waals surface area contributed by atoms with Gasteiger partial charge in [-0.3, -0.25) is 4.79 Å². The van der Waals surface area contributed by atoms with E-state index in [9.17, 15) is 9.18 Å². The molecule has 0 saturated carbocycles. The summed E-state index contributed by atoms with van der Waals surface area (Å²) in [5.74, 6) is -0.262. The minimum atomic E-state index is -0.262. The quantitative estimate of drug-likeness (QED) is 0.523. The second kappa shape index (κ2) is 8.41. The number of aldehydes is 1. The van der Waals surface area contributed by atoms with Crippen molar-refractivity contribution in [2.75, 3.05) is 0 Å². The molecular formula is C17H22FN3O. The SMILES string of the molecule is CCCCCCCn1nnc(C=O)c1Cc1ccc(F)cc1. The van der Waals surface area contributed by atoms with Gasteiger partial charge in [0.1, 0.15) is 11.5 Å². The molecule has 0 fully saturated rings. The molecule has 0 spiro atoms. The molecular weight excluding hydrogens is 281 g/mol. The molecule has 0 N–H and O–H groups in total. The Hall–Kier alpha value is -2.04. The van der Waals surface area contributed by atoms with E-state index in [1.807, 2.05) is 0 Å². The number of carbonyl (C=O) groups is 1. The number of unbranched alkanes of at least 4 members (excludes halogenated alkanes) is 4. The molecule has 0 radical (unpaired) electrons. The van der Waals surface area contributed by atoms with Crippen molar-refractivity contribution in [3.63, 3.8) is 0 Å². The number of nitrogens with zero attached hydrogens (tertiary/aromatic N) is 3. The molecule has 0 aliphatic rings. The lowest BCUT2D eigenvalue weighted by Crippen LogP contribution is -2.07. The monoisotopic (exact) mass is 303 g/mol. The summed E-state index contributed by atoms with van der Waals surface area (Å²) in [5, 5.41) is 8.01. The smallest absolute Gasteiger partial charge is 0.172 e. The third kappa shape index (κ3) is 4.48. The number of carbonyl (C=O) groups excluding carboxylic acids is 1. The van der Waals surface area contributed by atoms with E-state index >= 15 is 0 Å². The summed E-state index contributed by atoms with van der Waals surface area (Å²) in [7, 11) is 0. The Morgan fingerprint density at radius 1 is 1.14 bits per heavy atom. The number of benzene rings is 1. The Kier molecular flexibility index (Phi) is 6.25. The summed E-state index contributed by atoms with van der Waals surface area (Å²) in [6, 6.07) is 6.30. The lowest BCUT2D eigenvalue weighted by atomic mass is 10.1. The molecule has 1 aromatic heterocycles. The van der Waals surface area contributed by atoms with E-state index in [0.717, 1.165) is 36.9 Å². The van der Waals surface area contributed by atoms with Crippen molar-refractivity contribution in [2.24, 2.45) is 0 Å². The van der Waals surface area contributed by atoms with Gasteiger partial charge in [0.25, 0.3) is 0 Å². The van der Waals surface area contributed by atoms with Crippen molar-refractivity contribution in [3.05, 3.63) is 47.0 Å². The first-order valence-corrected chi connectivity index (χ1v) is 7.86. The lowest BCUT2D eigenvalue weighted by Gasteiger charge is -2.07. The van der Waals surface area contributed by atoms with Crippen LogP contribution < -0.4 is 0 Å². The Morgan fingerprint density at radius 2 is 1.86 bits per heavy atom. The lowest BCUT2D eigenvalue weighted by molar-refractivity contribution is 0.111. The van der Waals surface area contributed by atoms with Crippen LogP contribution >= 0.6 is 0 Å². The fourth-order valence-corrected chi connectivity index (χ4v) is 2.46. The second-order valence-corrected chi connectivity index (χ2v) is 5.48. The van der Waals surface area contributed by atoms with E-state index < -0.39 is 0 Å². The molecule has 0 aliphatic heterocycles. The van der Waals surface area contributed by atoms with Gasteiger partial charge in [-0.05, 0) is 24.1 Å². The highest BCUT2D eigenvalue weighted by Gasteiger charge is 2.12. The summed E-state index contributed by atoms with van der Waals surface area (Å²) in [6.45, 7) is 2.95. The highest BCUT2D eigenvalue weighted by Crippen LogP contribution is 2.14. The second-order valence-electron chi connectivity index (χ2n) is 5.48. The zero-order valence-electron chi connectivity index (χ0n) is 13.0. The van der Waals surface area contributed by atoms with Gasteiger partial charge >= 0.3 is 0 Å². The molecule has 2 rings (SSSR count). The summed E-state index contributed by atoms with van der Waals surface area (Å²) in [5.41, 5.74) is 2.12. The first kappa shape index (κ1) is 16.3. The Balaban J connectivity index is 2.03. The average molecular weight is 303 g/mol. The standard InChI is InChI=1S/C17H22FN3O/c1-2-3-4-5-6-11-21-17(16(13-22)19-20-21)12-14-7-9-15(18)10-8-14/h7-10,13H,2-6,11-12H2,1H3. The van der Waals surface area contributed by atoms with Crippen molar-refractivity contribution in [2.45, 2.75) is 52.0 Å². The number of rotatable bonds is 9. The molecule has 0 atom stereocenters. The van der Waals surface area contributed by atoms with E-state index in [1.54, 1.807) is 16.8 Å². The van der Waals surface area contributed by atoms with Crippen LogP contribution in [0.25, 0.3) is 0 Å². The molecule has 118 valence electrons. The average Bonchev–Trinajstić information content (AvgIpc) is 2.91. The van der Waals surface area contributed by atoms with Crippen LogP contribution in [-0.4, -0.2) is 21.3 Å².